The largest absolute Gasteiger partial charge is 1.00 e. The van der Waals surface area contributed by atoms with Gasteiger partial charge in [-0.1, -0.05) is 36.4 Å². The number of para-hydroxylation sites is 2. The van der Waals surface area contributed by atoms with E-state index in [0.29, 0.717) is 11.4 Å². The topological polar surface area (TPSA) is 104 Å². The second-order valence-corrected chi connectivity index (χ2v) is 5.50. The van der Waals surface area contributed by atoms with E-state index in [-0.39, 0.29) is 125 Å². The van der Waals surface area contributed by atoms with Crippen LogP contribution in [0, 0.1) is 0 Å². The third kappa shape index (κ3) is 6.77. The Balaban J connectivity index is 0.00000196. The number of hydrogen-bond acceptors (Lipinski definition) is 6. The summed E-state index contributed by atoms with van der Waals surface area (Å²) in [6.07, 6.45) is 0. The third-order valence-corrected chi connectivity index (χ3v) is 3.70. The van der Waals surface area contributed by atoms with Crippen LogP contribution in [-0.4, -0.2) is 11.9 Å². The molecular weight excluding hydrogens is 410 g/mol. The Morgan fingerprint density at radius 3 is 1.21 bits per heavy atom. The van der Waals surface area contributed by atoms with Gasteiger partial charge in [0, 0.05) is 33.9 Å². The molecule has 3 aromatic carbocycles. The Kier molecular flexibility index (Phi) is 11.1. The monoisotopic (exact) mass is 424 g/mol. The van der Waals surface area contributed by atoms with Crippen molar-refractivity contribution in [1.29, 1.82) is 0 Å². The van der Waals surface area contributed by atoms with E-state index in [1.54, 1.807) is 48.5 Å². The molecule has 0 fully saturated rings. The Morgan fingerprint density at radius 1 is 0.607 bits per heavy atom. The minimum atomic E-state index is -1.43. The Hall–Kier alpha value is -0.527. The van der Waals surface area contributed by atoms with E-state index < -0.39 is 11.9 Å². The zero-order chi connectivity index (χ0) is 18.5. The molecule has 0 heterocycles. The number of benzene rings is 3. The summed E-state index contributed by atoms with van der Waals surface area (Å²) in [7, 11) is 0. The SMILES string of the molecule is O=C([O-])c1cc(Nc2ccccc2)c(C(=O)[O-])cc1Nc1ccccc1.[K+].[K+]. The van der Waals surface area contributed by atoms with Crippen LogP contribution < -0.4 is 124 Å². The predicted molar refractivity (Wildman–Crippen MR) is 94.6 cm³/mol. The summed E-state index contributed by atoms with van der Waals surface area (Å²) in [5.41, 5.74) is 1.10. The maximum atomic E-state index is 11.6. The first-order valence-corrected chi connectivity index (χ1v) is 7.79. The van der Waals surface area contributed by atoms with Crippen LogP contribution >= 0.6 is 0 Å². The molecule has 6 nitrogen and oxygen atoms in total. The first kappa shape index (κ1) is 25.5. The smallest absolute Gasteiger partial charge is 0.545 e. The maximum Gasteiger partial charge on any atom is 1.00 e. The van der Waals surface area contributed by atoms with Gasteiger partial charge < -0.3 is 30.4 Å². The van der Waals surface area contributed by atoms with Crippen LogP contribution in [-0.2, 0) is 0 Å². The normalized spacial score (nSPS) is 9.43. The number of carbonyl (C=O) groups is 2. The minimum Gasteiger partial charge on any atom is -0.545 e. The third-order valence-electron chi connectivity index (χ3n) is 3.70. The quantitative estimate of drug-likeness (QED) is 0.390. The van der Waals surface area contributed by atoms with Crippen molar-refractivity contribution in [2.75, 3.05) is 10.6 Å². The fourth-order valence-electron chi connectivity index (χ4n) is 2.50. The molecule has 8 heteroatoms. The van der Waals surface area contributed by atoms with Gasteiger partial charge in [0.25, 0.3) is 0 Å². The number of aromatic carboxylic acids is 2. The molecule has 2 N–H and O–H groups in total. The fourth-order valence-corrected chi connectivity index (χ4v) is 2.50. The zero-order valence-electron chi connectivity index (χ0n) is 15.6. The van der Waals surface area contributed by atoms with Crippen LogP contribution in [0.25, 0.3) is 0 Å². The van der Waals surface area contributed by atoms with Crippen molar-refractivity contribution in [2.24, 2.45) is 0 Å². The number of hydrogen-bond donors (Lipinski definition) is 2. The van der Waals surface area contributed by atoms with Crippen molar-refractivity contribution in [3.05, 3.63) is 83.9 Å². The molecule has 0 atom stereocenters. The van der Waals surface area contributed by atoms with Crippen molar-refractivity contribution >= 4 is 34.7 Å². The molecule has 0 saturated carbocycles. The second-order valence-electron chi connectivity index (χ2n) is 5.50. The first-order chi connectivity index (χ1) is 12.5. The predicted octanol–water partition coefficient (Wildman–Crippen LogP) is -4.09. The van der Waals surface area contributed by atoms with Crippen LogP contribution in [0.5, 0.6) is 0 Å². The molecule has 3 rings (SSSR count). The average Bonchev–Trinajstić information content (AvgIpc) is 2.64. The summed E-state index contributed by atoms with van der Waals surface area (Å²) in [4.78, 5) is 23.1. The minimum absolute atomic E-state index is 0. The van der Waals surface area contributed by atoms with E-state index in [1.807, 2.05) is 12.1 Å². The molecule has 0 aromatic heterocycles. The summed E-state index contributed by atoms with van der Waals surface area (Å²) in [6.45, 7) is 0. The molecule has 0 saturated heterocycles. The van der Waals surface area contributed by atoms with E-state index in [9.17, 15) is 19.8 Å². The van der Waals surface area contributed by atoms with E-state index >= 15 is 0 Å². The van der Waals surface area contributed by atoms with E-state index in [1.165, 1.54) is 12.1 Å². The Labute approximate surface area is 247 Å². The Morgan fingerprint density at radius 2 is 0.929 bits per heavy atom. The molecule has 0 radical (unpaired) electrons. The summed E-state index contributed by atoms with van der Waals surface area (Å²) >= 11 is 0. The number of rotatable bonds is 6. The van der Waals surface area contributed by atoms with Gasteiger partial charge in [0.1, 0.15) is 0 Å². The molecule has 130 valence electrons. The van der Waals surface area contributed by atoms with Gasteiger partial charge in [-0.05, 0) is 36.4 Å². The number of carboxylic acid groups (broad SMARTS) is 2. The van der Waals surface area contributed by atoms with Crippen molar-refractivity contribution in [3.8, 4) is 0 Å². The van der Waals surface area contributed by atoms with Crippen molar-refractivity contribution in [1.82, 2.24) is 0 Å². The molecule has 0 aliphatic heterocycles. The van der Waals surface area contributed by atoms with Crippen LogP contribution in [0.3, 0.4) is 0 Å². The van der Waals surface area contributed by atoms with E-state index in [4.69, 9.17) is 0 Å². The number of anilines is 4. The van der Waals surface area contributed by atoms with Crippen LogP contribution in [0.15, 0.2) is 72.8 Å². The summed E-state index contributed by atoms with van der Waals surface area (Å²) in [5, 5.41) is 28.9. The van der Waals surface area contributed by atoms with Crippen LogP contribution in [0.4, 0.5) is 22.7 Å². The average molecular weight is 425 g/mol. The van der Waals surface area contributed by atoms with Gasteiger partial charge in [0.05, 0.1) is 11.9 Å². The van der Waals surface area contributed by atoms with Gasteiger partial charge in [-0.2, -0.15) is 0 Å². The number of nitrogens with one attached hydrogen (secondary N) is 2. The molecular formula is C20H14K2N2O4. The fraction of sp³-hybridized carbons (Fsp3) is 0. The molecule has 0 bridgehead atoms. The van der Waals surface area contributed by atoms with E-state index in [0.717, 1.165) is 0 Å². The summed E-state index contributed by atoms with van der Waals surface area (Å²) in [6, 6.07) is 20.1. The van der Waals surface area contributed by atoms with Gasteiger partial charge in [-0.15, -0.1) is 0 Å². The second kappa shape index (κ2) is 12.2. The van der Waals surface area contributed by atoms with E-state index in [2.05, 4.69) is 10.6 Å². The van der Waals surface area contributed by atoms with Crippen LogP contribution in [0.2, 0.25) is 0 Å². The molecule has 3 aromatic rings. The van der Waals surface area contributed by atoms with Crippen molar-refractivity contribution in [2.45, 2.75) is 0 Å². The van der Waals surface area contributed by atoms with Gasteiger partial charge in [-0.3, -0.25) is 0 Å². The van der Waals surface area contributed by atoms with Gasteiger partial charge in [0.15, 0.2) is 0 Å². The molecule has 0 aliphatic rings. The Bertz CT molecular complexity index is 872. The number of carboxylic acids is 2. The molecule has 0 unspecified atom stereocenters. The number of carbonyl (C=O) groups excluding carboxylic acids is 2. The van der Waals surface area contributed by atoms with Gasteiger partial charge >= 0.3 is 103 Å². The van der Waals surface area contributed by atoms with Crippen molar-refractivity contribution < 1.29 is 123 Å². The first-order valence-electron chi connectivity index (χ1n) is 7.79. The van der Waals surface area contributed by atoms with Gasteiger partial charge in [0.2, 0.25) is 0 Å². The van der Waals surface area contributed by atoms with Crippen LogP contribution in [0.1, 0.15) is 20.7 Å². The standard InChI is InChI=1S/C20H16N2O4.2K/c23-19(24)15-12-18(22-14-9-5-2-6-10-14)16(20(25)26)11-17(15)21-13-7-3-1-4-8-13;;/h1-12,21-22H,(H,23,24)(H,25,26);;/q;2*+1/p-2. The molecule has 0 amide bonds. The molecule has 28 heavy (non-hydrogen) atoms. The van der Waals surface area contributed by atoms with Gasteiger partial charge in [-0.25, -0.2) is 0 Å². The summed E-state index contributed by atoms with van der Waals surface area (Å²) in [5.74, 6) is -2.85. The molecule has 0 spiro atoms. The molecule has 0 aliphatic carbocycles. The maximum absolute atomic E-state index is 11.6. The zero-order valence-corrected chi connectivity index (χ0v) is 21.8. The summed E-state index contributed by atoms with van der Waals surface area (Å²) < 4.78 is 0. The van der Waals surface area contributed by atoms with Crippen molar-refractivity contribution in [3.63, 3.8) is 0 Å².